The molecule has 1 aliphatic heterocycles. The van der Waals surface area contributed by atoms with Crippen LogP contribution in [0.1, 0.15) is 37.8 Å². The largest absolute Gasteiger partial charge is 0.481 e. The summed E-state index contributed by atoms with van der Waals surface area (Å²) in [5, 5.41) is 10.2. The number of aliphatic carboxylic acids is 1. The molecule has 0 amide bonds. The average Bonchev–Trinajstić information content (AvgIpc) is 2.77. The molecule has 110 valence electrons. The molecule has 0 radical (unpaired) electrons. The second-order valence-electron chi connectivity index (χ2n) is 6.64. The molecule has 2 rings (SSSR count). The Kier molecular flexibility index (Phi) is 4.12. The van der Waals surface area contributed by atoms with Crippen molar-refractivity contribution in [3.05, 3.63) is 34.3 Å². The van der Waals surface area contributed by atoms with E-state index in [1.54, 1.807) is 0 Å². The first-order valence-electron chi connectivity index (χ1n) is 6.94. The fraction of sp³-hybridized carbons (Fsp3) is 0.562. The smallest absolute Gasteiger partial charge is 0.308 e. The summed E-state index contributed by atoms with van der Waals surface area (Å²) in [4.78, 5) is 13.8. The number of hydrogen-bond donors (Lipinski definition) is 1. The van der Waals surface area contributed by atoms with Crippen LogP contribution in [0, 0.1) is 12.8 Å². The van der Waals surface area contributed by atoms with Gasteiger partial charge in [-0.1, -0.05) is 23.7 Å². The highest BCUT2D eigenvalue weighted by molar-refractivity contribution is 6.31. The van der Waals surface area contributed by atoms with Crippen LogP contribution in [0.3, 0.4) is 0 Å². The molecule has 0 aromatic heterocycles. The molecule has 0 saturated carbocycles. The number of halogens is 1. The number of rotatable bonds is 2. The van der Waals surface area contributed by atoms with Crippen LogP contribution in [-0.2, 0) is 4.79 Å². The molecule has 0 aliphatic carbocycles. The van der Waals surface area contributed by atoms with Crippen LogP contribution >= 0.6 is 11.6 Å². The number of carboxylic acid groups (broad SMARTS) is 1. The number of benzene rings is 1. The summed E-state index contributed by atoms with van der Waals surface area (Å²) >= 11 is 6.06. The number of carboxylic acids is 1. The summed E-state index contributed by atoms with van der Waals surface area (Å²) in [6, 6.07) is 5.85. The summed E-state index contributed by atoms with van der Waals surface area (Å²) in [6.07, 6.45) is 0. The van der Waals surface area contributed by atoms with Crippen molar-refractivity contribution in [1.82, 2.24) is 4.90 Å². The van der Waals surface area contributed by atoms with Crippen LogP contribution in [-0.4, -0.2) is 34.6 Å². The summed E-state index contributed by atoms with van der Waals surface area (Å²) in [5.74, 6) is -1.04. The van der Waals surface area contributed by atoms with E-state index in [1.165, 1.54) is 0 Å². The van der Waals surface area contributed by atoms with E-state index in [4.69, 9.17) is 11.6 Å². The molecule has 0 spiro atoms. The lowest BCUT2D eigenvalue weighted by atomic mass is 9.88. The monoisotopic (exact) mass is 295 g/mol. The summed E-state index contributed by atoms with van der Waals surface area (Å²) in [7, 11) is 0. The Hall–Kier alpha value is -1.06. The van der Waals surface area contributed by atoms with Gasteiger partial charge in [-0.3, -0.25) is 9.69 Å². The van der Waals surface area contributed by atoms with Crippen molar-refractivity contribution in [3.8, 4) is 0 Å². The highest BCUT2D eigenvalue weighted by Gasteiger charge is 2.42. The number of nitrogens with zero attached hydrogens (tertiary/aromatic N) is 1. The molecule has 1 heterocycles. The molecule has 1 fully saturated rings. The van der Waals surface area contributed by atoms with Crippen LogP contribution in [0.2, 0.25) is 5.02 Å². The molecule has 3 nitrogen and oxygen atoms in total. The first-order chi connectivity index (χ1) is 9.20. The standard InChI is InChI=1S/C16H22ClNO2/c1-10-7-11(5-6-14(10)17)12-8-18(16(2,3)4)9-13(12)15(19)20/h5-7,12-13H,8-9H2,1-4H3,(H,19,20)/t12-,13+/m0/s1. The Morgan fingerprint density at radius 2 is 2.00 bits per heavy atom. The molecule has 20 heavy (non-hydrogen) atoms. The minimum Gasteiger partial charge on any atom is -0.481 e. The number of hydrogen-bond acceptors (Lipinski definition) is 2. The predicted molar refractivity (Wildman–Crippen MR) is 81.4 cm³/mol. The molecule has 4 heteroatoms. The fourth-order valence-electron chi connectivity index (χ4n) is 2.84. The van der Waals surface area contributed by atoms with E-state index in [1.807, 2.05) is 25.1 Å². The summed E-state index contributed by atoms with van der Waals surface area (Å²) in [5.41, 5.74) is 2.07. The zero-order valence-corrected chi connectivity index (χ0v) is 13.2. The predicted octanol–water partition coefficient (Wildman–Crippen LogP) is 3.55. The zero-order valence-electron chi connectivity index (χ0n) is 12.5. The fourth-order valence-corrected chi connectivity index (χ4v) is 2.96. The van der Waals surface area contributed by atoms with Gasteiger partial charge < -0.3 is 5.11 Å². The van der Waals surface area contributed by atoms with Crippen LogP contribution in [0.15, 0.2) is 18.2 Å². The Morgan fingerprint density at radius 1 is 1.35 bits per heavy atom. The molecule has 1 aromatic rings. The summed E-state index contributed by atoms with van der Waals surface area (Å²) in [6.45, 7) is 9.72. The molecule has 1 saturated heterocycles. The molecule has 1 aromatic carbocycles. The third kappa shape index (κ3) is 2.99. The van der Waals surface area contributed by atoms with Crippen LogP contribution < -0.4 is 0 Å². The van der Waals surface area contributed by atoms with Gasteiger partial charge >= 0.3 is 5.97 Å². The highest BCUT2D eigenvalue weighted by Crippen LogP contribution is 2.37. The van der Waals surface area contributed by atoms with Crippen LogP contribution in [0.5, 0.6) is 0 Å². The van der Waals surface area contributed by atoms with Crippen molar-refractivity contribution < 1.29 is 9.90 Å². The molecule has 0 unspecified atom stereocenters. The van der Waals surface area contributed by atoms with Crippen molar-refractivity contribution in [3.63, 3.8) is 0 Å². The highest BCUT2D eigenvalue weighted by atomic mass is 35.5. The minimum atomic E-state index is -0.714. The Labute approximate surface area is 125 Å². The first kappa shape index (κ1) is 15.3. The van der Waals surface area contributed by atoms with Gasteiger partial charge in [0.05, 0.1) is 5.92 Å². The van der Waals surface area contributed by atoms with Gasteiger partial charge in [0, 0.05) is 29.6 Å². The Balaban J connectivity index is 2.32. The van der Waals surface area contributed by atoms with Crippen molar-refractivity contribution in [1.29, 1.82) is 0 Å². The van der Waals surface area contributed by atoms with Gasteiger partial charge in [0.25, 0.3) is 0 Å². The van der Waals surface area contributed by atoms with Gasteiger partial charge in [0.2, 0.25) is 0 Å². The van der Waals surface area contributed by atoms with E-state index >= 15 is 0 Å². The van der Waals surface area contributed by atoms with E-state index in [0.29, 0.717) is 6.54 Å². The van der Waals surface area contributed by atoms with Crippen molar-refractivity contribution in [2.75, 3.05) is 13.1 Å². The number of carbonyl (C=O) groups is 1. The van der Waals surface area contributed by atoms with Gasteiger partial charge in [-0.25, -0.2) is 0 Å². The second-order valence-corrected chi connectivity index (χ2v) is 7.04. The number of aryl methyl sites for hydroxylation is 1. The Morgan fingerprint density at radius 3 is 2.50 bits per heavy atom. The van der Waals surface area contributed by atoms with Crippen molar-refractivity contribution in [2.24, 2.45) is 5.92 Å². The van der Waals surface area contributed by atoms with E-state index in [2.05, 4.69) is 25.7 Å². The molecule has 1 aliphatic rings. The molecule has 1 N–H and O–H groups in total. The molecule has 0 bridgehead atoms. The topological polar surface area (TPSA) is 40.5 Å². The third-order valence-corrected chi connectivity index (χ3v) is 4.62. The molecular formula is C16H22ClNO2. The lowest BCUT2D eigenvalue weighted by Gasteiger charge is -2.31. The quantitative estimate of drug-likeness (QED) is 0.907. The van der Waals surface area contributed by atoms with Crippen LogP contribution in [0.25, 0.3) is 0 Å². The minimum absolute atomic E-state index is 0.01000. The van der Waals surface area contributed by atoms with Gasteiger partial charge in [-0.15, -0.1) is 0 Å². The summed E-state index contributed by atoms with van der Waals surface area (Å²) < 4.78 is 0. The third-order valence-electron chi connectivity index (χ3n) is 4.20. The van der Waals surface area contributed by atoms with E-state index in [0.717, 1.165) is 22.7 Å². The molecule has 2 atom stereocenters. The van der Waals surface area contributed by atoms with E-state index in [9.17, 15) is 9.90 Å². The van der Waals surface area contributed by atoms with Gasteiger partial charge in [-0.05, 0) is 44.9 Å². The maximum absolute atomic E-state index is 11.6. The maximum Gasteiger partial charge on any atom is 0.308 e. The lowest BCUT2D eigenvalue weighted by Crippen LogP contribution is -2.40. The lowest BCUT2D eigenvalue weighted by molar-refractivity contribution is -0.141. The van der Waals surface area contributed by atoms with E-state index < -0.39 is 5.97 Å². The van der Waals surface area contributed by atoms with Gasteiger partial charge in [-0.2, -0.15) is 0 Å². The first-order valence-corrected chi connectivity index (χ1v) is 7.32. The van der Waals surface area contributed by atoms with E-state index in [-0.39, 0.29) is 17.4 Å². The number of likely N-dealkylation sites (tertiary alicyclic amines) is 1. The van der Waals surface area contributed by atoms with Crippen molar-refractivity contribution >= 4 is 17.6 Å². The second kappa shape index (κ2) is 5.38. The SMILES string of the molecule is Cc1cc([C@@H]2CN(C(C)(C)C)C[C@H]2C(=O)O)ccc1Cl. The van der Waals surface area contributed by atoms with Crippen LogP contribution in [0.4, 0.5) is 0 Å². The van der Waals surface area contributed by atoms with Crippen molar-refractivity contribution in [2.45, 2.75) is 39.2 Å². The Bertz CT molecular complexity index is 522. The normalized spacial score (nSPS) is 24.1. The zero-order chi connectivity index (χ0) is 15.1. The maximum atomic E-state index is 11.6. The van der Waals surface area contributed by atoms with Gasteiger partial charge in [0.1, 0.15) is 0 Å². The molecular weight excluding hydrogens is 274 g/mol. The average molecular weight is 296 g/mol. The van der Waals surface area contributed by atoms with Gasteiger partial charge in [0.15, 0.2) is 0 Å².